The van der Waals surface area contributed by atoms with E-state index in [1.807, 2.05) is 42.5 Å². The van der Waals surface area contributed by atoms with Gasteiger partial charge >= 0.3 is 0 Å². The highest BCUT2D eigenvalue weighted by Crippen LogP contribution is 2.39. The van der Waals surface area contributed by atoms with Crippen LogP contribution in [0.25, 0.3) is 0 Å². The Morgan fingerprint density at radius 3 is 1.97 bits per heavy atom. The zero-order valence-corrected chi connectivity index (χ0v) is 20.8. The molecule has 1 aliphatic rings. The SMILES string of the molecule is Cc1ccc(N2CCN(c3ccc(C)cc3)C2c2ccc(SCC(=O)Nc3ccccc3)o2)cc1. The van der Waals surface area contributed by atoms with Gasteiger partial charge in [-0.15, -0.1) is 0 Å². The minimum absolute atomic E-state index is 0.0532. The second-order valence-corrected chi connectivity index (χ2v) is 9.77. The van der Waals surface area contributed by atoms with Crippen molar-refractivity contribution >= 4 is 34.7 Å². The van der Waals surface area contributed by atoms with Crippen molar-refractivity contribution < 1.29 is 9.21 Å². The summed E-state index contributed by atoms with van der Waals surface area (Å²) in [5.74, 6) is 1.10. The van der Waals surface area contributed by atoms with Crippen LogP contribution in [0.5, 0.6) is 0 Å². The number of aryl methyl sites for hydroxylation is 2. The van der Waals surface area contributed by atoms with E-state index >= 15 is 0 Å². The smallest absolute Gasteiger partial charge is 0.234 e. The van der Waals surface area contributed by atoms with Crippen LogP contribution in [-0.4, -0.2) is 24.7 Å². The Kier molecular flexibility index (Phi) is 6.82. The van der Waals surface area contributed by atoms with Crippen molar-refractivity contribution in [1.29, 1.82) is 0 Å². The van der Waals surface area contributed by atoms with E-state index in [4.69, 9.17) is 4.42 Å². The lowest BCUT2D eigenvalue weighted by atomic mass is 10.2. The molecule has 0 atom stereocenters. The van der Waals surface area contributed by atoms with Crippen molar-refractivity contribution in [2.45, 2.75) is 25.1 Å². The van der Waals surface area contributed by atoms with Gasteiger partial charge in [-0.25, -0.2) is 0 Å². The molecular weight excluding hydrogens is 454 g/mol. The van der Waals surface area contributed by atoms with Crippen molar-refractivity contribution in [1.82, 2.24) is 0 Å². The van der Waals surface area contributed by atoms with Gasteiger partial charge in [0.25, 0.3) is 0 Å². The monoisotopic (exact) mass is 483 g/mol. The molecule has 1 fully saturated rings. The molecule has 1 saturated heterocycles. The van der Waals surface area contributed by atoms with Crippen molar-refractivity contribution in [2.24, 2.45) is 0 Å². The number of anilines is 3. The number of nitrogens with zero attached hydrogens (tertiary/aromatic N) is 2. The molecule has 1 aromatic heterocycles. The molecule has 1 amide bonds. The van der Waals surface area contributed by atoms with Crippen LogP contribution in [-0.2, 0) is 4.79 Å². The summed E-state index contributed by atoms with van der Waals surface area (Å²) >= 11 is 1.41. The van der Waals surface area contributed by atoms with E-state index in [-0.39, 0.29) is 17.8 Å². The highest BCUT2D eigenvalue weighted by molar-refractivity contribution is 7.99. The molecule has 35 heavy (non-hydrogen) atoms. The first-order chi connectivity index (χ1) is 17.1. The van der Waals surface area contributed by atoms with E-state index in [1.165, 1.54) is 34.3 Å². The van der Waals surface area contributed by atoms with Crippen LogP contribution < -0.4 is 15.1 Å². The van der Waals surface area contributed by atoms with E-state index in [9.17, 15) is 4.79 Å². The van der Waals surface area contributed by atoms with Crippen LogP contribution in [0.3, 0.4) is 0 Å². The molecule has 4 aromatic rings. The Bertz CT molecular complexity index is 1220. The number of hydrogen-bond acceptors (Lipinski definition) is 5. The van der Waals surface area contributed by atoms with Crippen molar-refractivity contribution in [3.8, 4) is 0 Å². The Labute approximate surface area is 210 Å². The Morgan fingerprint density at radius 2 is 1.40 bits per heavy atom. The number of benzene rings is 3. The van der Waals surface area contributed by atoms with Gasteiger partial charge in [0.05, 0.1) is 5.75 Å². The zero-order valence-electron chi connectivity index (χ0n) is 20.0. The third kappa shape index (κ3) is 5.38. The maximum Gasteiger partial charge on any atom is 0.234 e. The number of carbonyl (C=O) groups is 1. The van der Waals surface area contributed by atoms with Gasteiger partial charge in [0.2, 0.25) is 5.91 Å². The van der Waals surface area contributed by atoms with Gasteiger partial charge < -0.3 is 19.5 Å². The summed E-state index contributed by atoms with van der Waals surface area (Å²) in [7, 11) is 0. The van der Waals surface area contributed by atoms with Gasteiger partial charge in [0, 0.05) is 30.2 Å². The third-order valence-corrected chi connectivity index (χ3v) is 7.07. The highest BCUT2D eigenvalue weighted by atomic mass is 32.2. The van der Waals surface area contributed by atoms with E-state index in [0.717, 1.165) is 29.6 Å². The molecule has 0 aliphatic carbocycles. The molecule has 0 radical (unpaired) electrons. The molecular formula is C29H29N3O2S. The minimum atomic E-state index is -0.0621. The van der Waals surface area contributed by atoms with E-state index in [1.54, 1.807) is 0 Å². The maximum atomic E-state index is 12.4. The molecule has 5 rings (SSSR count). The fourth-order valence-electron chi connectivity index (χ4n) is 4.35. The third-order valence-electron chi connectivity index (χ3n) is 6.16. The fraction of sp³-hybridized carbons (Fsp3) is 0.207. The van der Waals surface area contributed by atoms with Crippen molar-refractivity contribution in [3.63, 3.8) is 0 Å². The first kappa shape index (κ1) is 23.1. The normalized spacial score (nSPS) is 13.9. The number of para-hydroxylation sites is 1. The van der Waals surface area contributed by atoms with Crippen molar-refractivity contribution in [3.05, 3.63) is 108 Å². The van der Waals surface area contributed by atoms with Crippen molar-refractivity contribution in [2.75, 3.05) is 34.0 Å². The van der Waals surface area contributed by atoms with Crippen LogP contribution >= 0.6 is 11.8 Å². The lowest BCUT2D eigenvalue weighted by molar-refractivity contribution is -0.113. The lowest BCUT2D eigenvalue weighted by Gasteiger charge is -2.31. The molecule has 5 nitrogen and oxygen atoms in total. The standard InChI is InChI=1S/C29H29N3O2S/c1-21-8-12-24(13-9-21)31-18-19-32(25-14-10-22(2)11-15-25)29(31)26-16-17-28(34-26)35-20-27(33)30-23-6-4-3-5-7-23/h3-17,29H,18-20H2,1-2H3,(H,30,33). The molecule has 0 unspecified atom stereocenters. The van der Waals surface area contributed by atoms with Crippen LogP contribution in [0.1, 0.15) is 23.1 Å². The summed E-state index contributed by atoms with van der Waals surface area (Å²) in [4.78, 5) is 17.2. The number of carbonyl (C=O) groups excluding carboxylic acids is 1. The summed E-state index contributed by atoms with van der Waals surface area (Å²) in [5.41, 5.74) is 5.62. The average Bonchev–Trinajstić information content (AvgIpc) is 3.52. The predicted octanol–water partition coefficient (Wildman–Crippen LogP) is 6.65. The number of thioether (sulfide) groups is 1. The van der Waals surface area contributed by atoms with E-state index in [0.29, 0.717) is 0 Å². The quantitative estimate of drug-likeness (QED) is 0.298. The van der Waals surface area contributed by atoms with Gasteiger partial charge in [-0.2, -0.15) is 0 Å². The molecule has 0 spiro atoms. The molecule has 2 heterocycles. The lowest BCUT2D eigenvalue weighted by Crippen LogP contribution is -2.30. The molecule has 1 N–H and O–H groups in total. The summed E-state index contributed by atoms with van der Waals surface area (Å²) in [6.07, 6.45) is -0.0621. The fourth-order valence-corrected chi connectivity index (χ4v) is 5.02. The molecule has 0 bridgehead atoms. The zero-order chi connectivity index (χ0) is 24.2. The number of furan rings is 1. The predicted molar refractivity (Wildman–Crippen MR) is 144 cm³/mol. The number of hydrogen-bond donors (Lipinski definition) is 1. The maximum absolute atomic E-state index is 12.4. The first-order valence-electron chi connectivity index (χ1n) is 11.8. The summed E-state index contributed by atoms with van der Waals surface area (Å²) in [6, 6.07) is 30.8. The van der Waals surface area contributed by atoms with Gasteiger partial charge in [-0.3, -0.25) is 4.79 Å². The van der Waals surface area contributed by atoms with Crippen LogP contribution in [0.4, 0.5) is 17.1 Å². The van der Waals surface area contributed by atoms with Gasteiger partial charge in [0.1, 0.15) is 5.76 Å². The van der Waals surface area contributed by atoms with Gasteiger partial charge in [-0.05, 0) is 62.4 Å². The van der Waals surface area contributed by atoms with Crippen LogP contribution in [0.2, 0.25) is 0 Å². The topological polar surface area (TPSA) is 48.7 Å². The highest BCUT2D eigenvalue weighted by Gasteiger charge is 2.36. The Hall–Kier alpha value is -3.64. The number of rotatable bonds is 7. The second kappa shape index (κ2) is 10.3. The van der Waals surface area contributed by atoms with E-state index in [2.05, 4.69) is 77.5 Å². The Morgan fingerprint density at radius 1 is 0.829 bits per heavy atom. The minimum Gasteiger partial charge on any atom is -0.451 e. The largest absolute Gasteiger partial charge is 0.451 e. The van der Waals surface area contributed by atoms with Gasteiger partial charge in [-0.1, -0.05) is 65.4 Å². The summed E-state index contributed by atoms with van der Waals surface area (Å²) in [6.45, 7) is 6.00. The van der Waals surface area contributed by atoms with E-state index < -0.39 is 0 Å². The first-order valence-corrected chi connectivity index (χ1v) is 12.8. The second-order valence-electron chi connectivity index (χ2n) is 8.79. The molecule has 0 saturated carbocycles. The van der Waals surface area contributed by atoms with Crippen LogP contribution in [0, 0.1) is 13.8 Å². The Balaban J connectivity index is 1.35. The average molecular weight is 484 g/mol. The van der Waals surface area contributed by atoms with Crippen LogP contribution in [0.15, 0.2) is 101 Å². The summed E-state index contributed by atoms with van der Waals surface area (Å²) < 4.78 is 6.32. The number of amides is 1. The molecule has 1 aliphatic heterocycles. The molecule has 178 valence electrons. The summed E-state index contributed by atoms with van der Waals surface area (Å²) in [5, 5.41) is 3.66. The molecule has 6 heteroatoms. The van der Waals surface area contributed by atoms with Gasteiger partial charge in [0.15, 0.2) is 11.3 Å². The molecule has 3 aromatic carbocycles. The number of nitrogens with one attached hydrogen (secondary N) is 1.